The van der Waals surface area contributed by atoms with Crippen molar-refractivity contribution < 1.29 is 14.5 Å². The maximum atomic E-state index is 11.2. The van der Waals surface area contributed by atoms with Gasteiger partial charge in [-0.1, -0.05) is 6.92 Å². The van der Waals surface area contributed by atoms with Crippen LogP contribution in [0.1, 0.15) is 18.1 Å². The number of carbonyl (C=O) groups excluding carboxylic acids is 1. The maximum absolute atomic E-state index is 11.2. The molecule has 0 saturated heterocycles. The summed E-state index contributed by atoms with van der Waals surface area (Å²) in [6.07, 6.45) is 0. The van der Waals surface area contributed by atoms with Gasteiger partial charge in [0.2, 0.25) is 5.91 Å². The van der Waals surface area contributed by atoms with Gasteiger partial charge in [0.1, 0.15) is 18.4 Å². The van der Waals surface area contributed by atoms with E-state index >= 15 is 0 Å². The highest BCUT2D eigenvalue weighted by Gasteiger charge is 2.17. The van der Waals surface area contributed by atoms with Crippen LogP contribution in [0.2, 0.25) is 0 Å². The van der Waals surface area contributed by atoms with E-state index in [1.54, 1.807) is 19.9 Å². The first kappa shape index (κ1) is 15.9. The van der Waals surface area contributed by atoms with Crippen LogP contribution in [0.4, 0.5) is 5.69 Å². The zero-order chi connectivity index (χ0) is 15.3. The third kappa shape index (κ3) is 3.92. The van der Waals surface area contributed by atoms with Gasteiger partial charge in [-0.15, -0.1) is 0 Å². The number of hydrogen-bond donors (Lipinski definition) is 2. The number of nitrogens with one attached hydrogen (secondary N) is 1. The third-order valence-corrected chi connectivity index (χ3v) is 2.89. The van der Waals surface area contributed by atoms with Gasteiger partial charge < -0.3 is 15.8 Å². The number of benzene rings is 1. The van der Waals surface area contributed by atoms with Crippen molar-refractivity contribution in [1.82, 2.24) is 5.32 Å². The highest BCUT2D eigenvalue weighted by molar-refractivity contribution is 5.80. The molecule has 3 N–H and O–H groups in total. The zero-order valence-corrected chi connectivity index (χ0v) is 11.8. The molecule has 1 aromatic rings. The number of nitro groups is 1. The molecule has 1 rings (SSSR count). The van der Waals surface area contributed by atoms with E-state index in [-0.39, 0.29) is 12.3 Å². The van der Waals surface area contributed by atoms with Crippen molar-refractivity contribution in [2.75, 3.05) is 13.2 Å². The molecule has 0 fully saturated rings. The van der Waals surface area contributed by atoms with Crippen molar-refractivity contribution in [2.24, 2.45) is 5.73 Å². The molecule has 7 nitrogen and oxygen atoms in total. The predicted octanol–water partition coefficient (Wildman–Crippen LogP) is 1.05. The number of likely N-dealkylation sites (N-methyl/N-ethyl adjacent to an activating group) is 1. The van der Waals surface area contributed by atoms with Crippen LogP contribution < -0.4 is 15.8 Å². The van der Waals surface area contributed by atoms with Crippen molar-refractivity contribution in [1.29, 1.82) is 0 Å². The number of primary amides is 1. The van der Waals surface area contributed by atoms with Crippen LogP contribution in [0.3, 0.4) is 0 Å². The second-order valence-corrected chi connectivity index (χ2v) is 4.48. The Kier molecular flexibility index (Phi) is 5.45. The average Bonchev–Trinajstić information content (AvgIpc) is 2.36. The Morgan fingerprint density at radius 2 is 2.10 bits per heavy atom. The number of amides is 1. The Labute approximate surface area is 117 Å². The molecule has 0 aliphatic carbocycles. The zero-order valence-electron chi connectivity index (χ0n) is 11.8. The molecule has 0 bridgehead atoms. The minimum atomic E-state index is -0.588. The minimum absolute atomic E-state index is 0.0491. The van der Waals surface area contributed by atoms with Gasteiger partial charge in [-0.3, -0.25) is 14.9 Å². The van der Waals surface area contributed by atoms with Crippen molar-refractivity contribution in [3.8, 4) is 5.75 Å². The molecule has 20 heavy (non-hydrogen) atoms. The summed E-state index contributed by atoms with van der Waals surface area (Å²) >= 11 is 0. The lowest BCUT2D eigenvalue weighted by Crippen LogP contribution is -2.45. The number of carbonyl (C=O) groups is 1. The molecule has 0 aromatic heterocycles. The summed E-state index contributed by atoms with van der Waals surface area (Å²) < 4.78 is 5.54. The Morgan fingerprint density at radius 3 is 2.60 bits per heavy atom. The minimum Gasteiger partial charge on any atom is -0.491 e. The highest BCUT2D eigenvalue weighted by Crippen LogP contribution is 2.27. The molecule has 0 aliphatic heterocycles. The first-order chi connectivity index (χ1) is 9.36. The third-order valence-electron chi connectivity index (χ3n) is 2.89. The molecule has 0 aliphatic rings. The predicted molar refractivity (Wildman–Crippen MR) is 74.7 cm³/mol. The van der Waals surface area contributed by atoms with Gasteiger partial charge in [0, 0.05) is 11.6 Å². The lowest BCUT2D eigenvalue weighted by molar-refractivity contribution is -0.385. The maximum Gasteiger partial charge on any atom is 0.272 e. The van der Waals surface area contributed by atoms with Crippen molar-refractivity contribution in [3.63, 3.8) is 0 Å². The number of nitrogens with zero attached hydrogens (tertiary/aromatic N) is 1. The van der Waals surface area contributed by atoms with Crippen LogP contribution >= 0.6 is 0 Å². The molecule has 110 valence electrons. The van der Waals surface area contributed by atoms with Crippen molar-refractivity contribution >= 4 is 11.6 Å². The molecule has 0 radical (unpaired) electrons. The first-order valence-corrected chi connectivity index (χ1v) is 6.28. The molecule has 7 heteroatoms. The fraction of sp³-hybridized carbons (Fsp3) is 0.462. The summed E-state index contributed by atoms with van der Waals surface area (Å²) in [5.41, 5.74) is 6.45. The van der Waals surface area contributed by atoms with Gasteiger partial charge in [0.25, 0.3) is 5.69 Å². The number of hydrogen-bond acceptors (Lipinski definition) is 5. The van der Waals surface area contributed by atoms with E-state index in [0.29, 0.717) is 23.4 Å². The lowest BCUT2D eigenvalue weighted by atomic mass is 10.1. The fourth-order valence-electron chi connectivity index (χ4n) is 1.79. The molecule has 0 saturated carbocycles. The molecule has 1 amide bonds. The van der Waals surface area contributed by atoms with Crippen LogP contribution in [0.25, 0.3) is 0 Å². The summed E-state index contributed by atoms with van der Waals surface area (Å²) in [6, 6.07) is 2.46. The Morgan fingerprint density at radius 1 is 1.45 bits per heavy atom. The van der Waals surface area contributed by atoms with Gasteiger partial charge >= 0.3 is 0 Å². The Balaban J connectivity index is 2.85. The van der Waals surface area contributed by atoms with Crippen LogP contribution in [0.5, 0.6) is 5.75 Å². The highest BCUT2D eigenvalue weighted by atomic mass is 16.6. The first-order valence-electron chi connectivity index (χ1n) is 6.28. The molecular weight excluding hydrogens is 262 g/mol. The second-order valence-electron chi connectivity index (χ2n) is 4.48. The fourth-order valence-corrected chi connectivity index (χ4v) is 1.79. The summed E-state index contributed by atoms with van der Waals surface area (Å²) in [6.45, 7) is 5.89. The van der Waals surface area contributed by atoms with E-state index in [1.165, 1.54) is 6.07 Å². The van der Waals surface area contributed by atoms with Gasteiger partial charge in [-0.2, -0.15) is 0 Å². The monoisotopic (exact) mass is 281 g/mol. The molecule has 1 unspecified atom stereocenters. The smallest absolute Gasteiger partial charge is 0.272 e. The number of rotatable bonds is 7. The summed E-state index contributed by atoms with van der Waals surface area (Å²) in [5.74, 6) is 0.0142. The molecular formula is C13H19N3O4. The SMILES string of the molecule is CCNC(COc1cc(C)c([N+](=O)[O-])cc1C)C(N)=O. The summed E-state index contributed by atoms with van der Waals surface area (Å²) in [4.78, 5) is 21.6. The normalized spacial score (nSPS) is 11.9. The van der Waals surface area contributed by atoms with E-state index < -0.39 is 16.9 Å². The quantitative estimate of drug-likeness (QED) is 0.574. The van der Waals surface area contributed by atoms with Crippen LogP contribution in [-0.2, 0) is 4.79 Å². The van der Waals surface area contributed by atoms with E-state index in [4.69, 9.17) is 10.5 Å². The number of ether oxygens (including phenoxy) is 1. The van der Waals surface area contributed by atoms with E-state index in [1.807, 2.05) is 6.92 Å². The largest absolute Gasteiger partial charge is 0.491 e. The molecule has 1 atom stereocenters. The average molecular weight is 281 g/mol. The Bertz CT molecular complexity index is 517. The Hall–Kier alpha value is -2.15. The summed E-state index contributed by atoms with van der Waals surface area (Å²) in [7, 11) is 0. The van der Waals surface area contributed by atoms with Gasteiger partial charge in [0.15, 0.2) is 0 Å². The van der Waals surface area contributed by atoms with Gasteiger partial charge in [-0.25, -0.2) is 0 Å². The van der Waals surface area contributed by atoms with Crippen LogP contribution in [-0.4, -0.2) is 30.0 Å². The van der Waals surface area contributed by atoms with Gasteiger partial charge in [-0.05, 0) is 32.0 Å². The summed E-state index contributed by atoms with van der Waals surface area (Å²) in [5, 5.41) is 13.7. The molecule has 0 heterocycles. The lowest BCUT2D eigenvalue weighted by Gasteiger charge is -2.16. The number of aryl methyl sites for hydroxylation is 2. The van der Waals surface area contributed by atoms with E-state index in [0.717, 1.165) is 0 Å². The topological polar surface area (TPSA) is 107 Å². The number of nitro benzene ring substituents is 1. The van der Waals surface area contributed by atoms with E-state index in [2.05, 4.69) is 5.32 Å². The van der Waals surface area contributed by atoms with Crippen LogP contribution in [0, 0.1) is 24.0 Å². The molecule has 0 spiro atoms. The standard InChI is InChI=1S/C13H19N3O4/c1-4-15-10(13(14)17)7-20-12-6-8(2)11(16(18)19)5-9(12)3/h5-6,10,15H,4,7H2,1-3H3,(H2,14,17). The van der Waals surface area contributed by atoms with Crippen LogP contribution in [0.15, 0.2) is 12.1 Å². The number of nitrogens with two attached hydrogens (primary N) is 1. The molecule has 1 aromatic carbocycles. The second kappa shape index (κ2) is 6.85. The van der Waals surface area contributed by atoms with Crippen molar-refractivity contribution in [2.45, 2.75) is 26.8 Å². The van der Waals surface area contributed by atoms with Gasteiger partial charge in [0.05, 0.1) is 4.92 Å². The van der Waals surface area contributed by atoms with E-state index in [9.17, 15) is 14.9 Å². The van der Waals surface area contributed by atoms with Crippen molar-refractivity contribution in [3.05, 3.63) is 33.4 Å².